The van der Waals surface area contributed by atoms with Crippen molar-refractivity contribution in [2.75, 3.05) is 0 Å². The Morgan fingerprint density at radius 3 is 2.52 bits per heavy atom. The van der Waals surface area contributed by atoms with E-state index in [0.29, 0.717) is 4.99 Å². The van der Waals surface area contributed by atoms with Crippen molar-refractivity contribution in [1.29, 1.82) is 0 Å². The van der Waals surface area contributed by atoms with Crippen LogP contribution in [0.15, 0.2) is 6.07 Å². The molecule has 3 nitrogen and oxygen atoms in total. The van der Waals surface area contributed by atoms with E-state index >= 15 is 0 Å². The minimum absolute atomic E-state index is 0.0426. The highest BCUT2D eigenvalue weighted by molar-refractivity contribution is 7.80. The molecule has 1 heterocycles. The van der Waals surface area contributed by atoms with Crippen LogP contribution in [0.1, 0.15) is 59.1 Å². The second-order valence-electron chi connectivity index (χ2n) is 6.10. The summed E-state index contributed by atoms with van der Waals surface area (Å²) in [7, 11) is 0. The van der Waals surface area contributed by atoms with Gasteiger partial charge in [-0.05, 0) is 57.1 Å². The maximum absolute atomic E-state index is 12.5. The van der Waals surface area contributed by atoms with Gasteiger partial charge in [0.2, 0.25) is 0 Å². The Kier molecular flexibility index (Phi) is 5.04. The van der Waals surface area contributed by atoms with Crippen LogP contribution in [0.3, 0.4) is 0 Å². The third kappa shape index (κ3) is 3.46. The van der Waals surface area contributed by atoms with Crippen LogP contribution in [0.4, 0.5) is 0 Å². The van der Waals surface area contributed by atoms with E-state index in [2.05, 4.69) is 12.2 Å². The summed E-state index contributed by atoms with van der Waals surface area (Å²) >= 11 is 6.80. The normalized spacial score (nSPS) is 25.6. The van der Waals surface area contributed by atoms with E-state index in [1.54, 1.807) is 0 Å². The van der Waals surface area contributed by atoms with Crippen molar-refractivity contribution >= 4 is 34.5 Å². The van der Waals surface area contributed by atoms with Gasteiger partial charge in [-0.15, -0.1) is 11.3 Å². The first-order chi connectivity index (χ1) is 9.88. The third-order valence-electron chi connectivity index (χ3n) is 4.75. The Labute approximate surface area is 136 Å². The SMILES string of the molecule is CCC1CCC(NC(=O)c2cc(C)c(C)s2)(C(N)=S)CC1. The summed E-state index contributed by atoms with van der Waals surface area (Å²) in [5.41, 5.74) is 6.63. The Balaban J connectivity index is 2.13. The Morgan fingerprint density at radius 2 is 2.10 bits per heavy atom. The van der Waals surface area contributed by atoms with Gasteiger partial charge in [0, 0.05) is 4.88 Å². The molecule has 0 aliphatic heterocycles. The minimum Gasteiger partial charge on any atom is -0.391 e. The summed E-state index contributed by atoms with van der Waals surface area (Å²) in [5, 5.41) is 3.14. The maximum atomic E-state index is 12.5. The van der Waals surface area contributed by atoms with Crippen molar-refractivity contribution in [1.82, 2.24) is 5.32 Å². The number of thiocarbonyl (C=S) groups is 1. The number of hydrogen-bond acceptors (Lipinski definition) is 3. The number of aryl methyl sites for hydroxylation is 2. The number of nitrogens with one attached hydrogen (secondary N) is 1. The van der Waals surface area contributed by atoms with Gasteiger partial charge in [0.15, 0.2) is 0 Å². The number of nitrogens with two attached hydrogens (primary N) is 1. The largest absolute Gasteiger partial charge is 0.391 e. The molecule has 21 heavy (non-hydrogen) atoms. The zero-order chi connectivity index (χ0) is 15.6. The van der Waals surface area contributed by atoms with E-state index in [1.165, 1.54) is 22.6 Å². The van der Waals surface area contributed by atoms with Gasteiger partial charge in [0.05, 0.1) is 15.4 Å². The molecular formula is C16H24N2OS2. The predicted octanol–water partition coefficient (Wildman–Crippen LogP) is 3.72. The standard InChI is InChI=1S/C16H24N2OS2/c1-4-12-5-7-16(8-6-12,15(17)20)18-14(19)13-9-10(2)11(3)21-13/h9,12H,4-8H2,1-3H3,(H2,17,20)(H,18,19). The average molecular weight is 325 g/mol. The van der Waals surface area contributed by atoms with Crippen molar-refractivity contribution in [2.45, 2.75) is 58.4 Å². The molecule has 0 bridgehead atoms. The molecule has 1 aliphatic rings. The Hall–Kier alpha value is -0.940. The van der Waals surface area contributed by atoms with Crippen LogP contribution in [0, 0.1) is 19.8 Å². The number of thiophene rings is 1. The van der Waals surface area contributed by atoms with Gasteiger partial charge in [-0.2, -0.15) is 0 Å². The van der Waals surface area contributed by atoms with Gasteiger partial charge in [-0.25, -0.2) is 0 Å². The van der Waals surface area contributed by atoms with Gasteiger partial charge in [-0.3, -0.25) is 4.79 Å². The molecule has 1 aliphatic carbocycles. The van der Waals surface area contributed by atoms with Crippen molar-refractivity contribution < 1.29 is 4.79 Å². The average Bonchev–Trinajstić information content (AvgIpc) is 2.79. The summed E-state index contributed by atoms with van der Waals surface area (Å²) < 4.78 is 0. The van der Waals surface area contributed by atoms with E-state index in [4.69, 9.17) is 18.0 Å². The second-order valence-corrected chi connectivity index (χ2v) is 7.80. The molecule has 2 rings (SSSR count). The topological polar surface area (TPSA) is 55.1 Å². The van der Waals surface area contributed by atoms with Crippen LogP contribution in [0.2, 0.25) is 0 Å². The zero-order valence-electron chi connectivity index (χ0n) is 13.0. The van der Waals surface area contributed by atoms with Crippen LogP contribution in [0.5, 0.6) is 0 Å². The lowest BCUT2D eigenvalue weighted by Gasteiger charge is -2.39. The molecule has 0 saturated heterocycles. The summed E-state index contributed by atoms with van der Waals surface area (Å²) in [5.74, 6) is 0.689. The summed E-state index contributed by atoms with van der Waals surface area (Å²) in [6, 6.07) is 1.94. The number of amides is 1. The van der Waals surface area contributed by atoms with Crippen molar-refractivity contribution in [2.24, 2.45) is 11.7 Å². The second kappa shape index (κ2) is 6.44. The smallest absolute Gasteiger partial charge is 0.262 e. The molecule has 1 saturated carbocycles. The van der Waals surface area contributed by atoms with Gasteiger partial charge in [-0.1, -0.05) is 25.6 Å². The summed E-state index contributed by atoms with van der Waals surface area (Å²) in [6.07, 6.45) is 5.06. The molecule has 0 radical (unpaired) electrons. The fourth-order valence-electron chi connectivity index (χ4n) is 2.98. The minimum atomic E-state index is -0.496. The Bertz CT molecular complexity index is 523. The zero-order valence-corrected chi connectivity index (χ0v) is 14.6. The van der Waals surface area contributed by atoms with E-state index in [-0.39, 0.29) is 5.91 Å². The fraction of sp³-hybridized carbons (Fsp3) is 0.625. The molecule has 0 atom stereocenters. The lowest BCUT2D eigenvalue weighted by Crippen LogP contribution is -2.58. The summed E-state index contributed by atoms with van der Waals surface area (Å²) in [4.78, 5) is 14.9. The highest BCUT2D eigenvalue weighted by atomic mass is 32.1. The van der Waals surface area contributed by atoms with Crippen molar-refractivity contribution in [3.63, 3.8) is 0 Å². The van der Waals surface area contributed by atoms with Crippen LogP contribution in [0.25, 0.3) is 0 Å². The molecule has 5 heteroatoms. The molecule has 0 unspecified atom stereocenters. The van der Waals surface area contributed by atoms with E-state index in [0.717, 1.165) is 42.0 Å². The quantitative estimate of drug-likeness (QED) is 0.830. The molecule has 1 aromatic rings. The molecule has 0 aromatic carbocycles. The van der Waals surface area contributed by atoms with E-state index in [9.17, 15) is 4.79 Å². The first-order valence-corrected chi connectivity index (χ1v) is 8.80. The number of carbonyl (C=O) groups is 1. The predicted molar refractivity (Wildman–Crippen MR) is 93.0 cm³/mol. The fourth-order valence-corrected chi connectivity index (χ4v) is 4.16. The highest BCUT2D eigenvalue weighted by Crippen LogP contribution is 2.34. The van der Waals surface area contributed by atoms with E-state index < -0.39 is 5.54 Å². The third-order valence-corrected chi connectivity index (χ3v) is 6.29. The molecule has 1 aromatic heterocycles. The molecule has 1 amide bonds. The molecule has 116 valence electrons. The first-order valence-electron chi connectivity index (χ1n) is 7.57. The summed E-state index contributed by atoms with van der Waals surface area (Å²) in [6.45, 7) is 6.28. The molecule has 0 spiro atoms. The van der Waals surface area contributed by atoms with Gasteiger partial charge in [0.25, 0.3) is 5.91 Å². The van der Waals surface area contributed by atoms with Crippen molar-refractivity contribution in [3.05, 3.63) is 21.4 Å². The Morgan fingerprint density at radius 1 is 1.48 bits per heavy atom. The van der Waals surface area contributed by atoms with Crippen LogP contribution in [-0.4, -0.2) is 16.4 Å². The molecule has 1 fully saturated rings. The van der Waals surface area contributed by atoms with Crippen LogP contribution in [-0.2, 0) is 0 Å². The molecule has 3 N–H and O–H groups in total. The molecular weight excluding hydrogens is 300 g/mol. The van der Waals surface area contributed by atoms with Crippen molar-refractivity contribution in [3.8, 4) is 0 Å². The monoisotopic (exact) mass is 324 g/mol. The van der Waals surface area contributed by atoms with Crippen LogP contribution < -0.4 is 11.1 Å². The first kappa shape index (κ1) is 16.4. The van der Waals surface area contributed by atoms with Crippen LogP contribution >= 0.6 is 23.6 Å². The highest BCUT2D eigenvalue weighted by Gasteiger charge is 2.39. The van der Waals surface area contributed by atoms with Gasteiger partial charge >= 0.3 is 0 Å². The van der Waals surface area contributed by atoms with E-state index in [1.807, 2.05) is 19.9 Å². The number of carbonyl (C=O) groups excluding carboxylic acids is 1. The van der Waals surface area contributed by atoms with Gasteiger partial charge in [0.1, 0.15) is 0 Å². The maximum Gasteiger partial charge on any atom is 0.262 e. The number of rotatable bonds is 4. The number of hydrogen-bond donors (Lipinski definition) is 2. The lowest BCUT2D eigenvalue weighted by molar-refractivity contribution is 0.0902. The van der Waals surface area contributed by atoms with Gasteiger partial charge < -0.3 is 11.1 Å². The lowest BCUT2D eigenvalue weighted by atomic mass is 9.75.